The molecule has 2 heterocycles. The van der Waals surface area contributed by atoms with Crippen molar-refractivity contribution in [3.63, 3.8) is 0 Å². The molecule has 280 valence electrons. The molecule has 1 aliphatic rings. The highest BCUT2D eigenvalue weighted by atomic mass is 15.2. The van der Waals surface area contributed by atoms with Gasteiger partial charge in [-0.25, -0.2) is 9.97 Å². The lowest BCUT2D eigenvalue weighted by Gasteiger charge is -2.28. The van der Waals surface area contributed by atoms with Crippen LogP contribution in [0.1, 0.15) is 25.0 Å². The van der Waals surface area contributed by atoms with Crippen molar-refractivity contribution in [3.05, 3.63) is 218 Å². The molecular weight excluding hydrogens is 717 g/mol. The molecule has 59 heavy (non-hydrogen) atoms. The van der Waals surface area contributed by atoms with Gasteiger partial charge in [-0.15, -0.1) is 0 Å². The second-order valence-corrected chi connectivity index (χ2v) is 15.9. The minimum atomic E-state index is -0.174. The number of anilines is 3. The molecular formula is C55H40N4. The van der Waals surface area contributed by atoms with E-state index in [0.29, 0.717) is 0 Å². The molecule has 4 heteroatoms. The maximum atomic E-state index is 5.06. The fourth-order valence-corrected chi connectivity index (χ4v) is 9.23. The normalized spacial score (nSPS) is 12.7. The van der Waals surface area contributed by atoms with Gasteiger partial charge in [0, 0.05) is 39.2 Å². The van der Waals surface area contributed by atoms with Gasteiger partial charge in [-0.1, -0.05) is 166 Å². The topological polar surface area (TPSA) is 34.0 Å². The van der Waals surface area contributed by atoms with E-state index in [2.05, 4.69) is 217 Å². The van der Waals surface area contributed by atoms with Crippen molar-refractivity contribution in [1.82, 2.24) is 14.5 Å². The number of benzene rings is 8. The Hall–Kier alpha value is -7.56. The van der Waals surface area contributed by atoms with Crippen LogP contribution >= 0.6 is 0 Å². The number of hydrogen-bond donors (Lipinski definition) is 0. The molecule has 1 aliphatic carbocycles. The van der Waals surface area contributed by atoms with E-state index in [9.17, 15) is 0 Å². The van der Waals surface area contributed by atoms with Crippen LogP contribution in [-0.4, -0.2) is 14.5 Å². The first kappa shape index (κ1) is 34.7. The third-order valence-corrected chi connectivity index (χ3v) is 12.1. The summed E-state index contributed by atoms with van der Waals surface area (Å²) < 4.78 is 2.38. The van der Waals surface area contributed by atoms with Crippen LogP contribution < -0.4 is 4.90 Å². The molecule has 0 fully saturated rings. The molecule has 8 aromatic carbocycles. The van der Waals surface area contributed by atoms with Gasteiger partial charge in [0.25, 0.3) is 0 Å². The van der Waals surface area contributed by atoms with Crippen LogP contribution in [0.2, 0.25) is 0 Å². The molecule has 0 saturated carbocycles. The summed E-state index contributed by atoms with van der Waals surface area (Å²) in [5, 5.41) is 2.34. The highest BCUT2D eigenvalue weighted by molar-refractivity contribution is 6.16. The highest BCUT2D eigenvalue weighted by Crippen LogP contribution is 2.52. The van der Waals surface area contributed by atoms with Gasteiger partial charge >= 0.3 is 0 Å². The van der Waals surface area contributed by atoms with E-state index >= 15 is 0 Å². The smallest absolute Gasteiger partial charge is 0.141 e. The van der Waals surface area contributed by atoms with Gasteiger partial charge in [0.1, 0.15) is 12.1 Å². The monoisotopic (exact) mass is 756 g/mol. The lowest BCUT2D eigenvalue weighted by Crippen LogP contribution is -2.15. The predicted octanol–water partition coefficient (Wildman–Crippen LogP) is 14.4. The lowest BCUT2D eigenvalue weighted by atomic mass is 9.82. The first-order valence-corrected chi connectivity index (χ1v) is 20.2. The van der Waals surface area contributed by atoms with Gasteiger partial charge in [-0.3, -0.25) is 4.57 Å². The van der Waals surface area contributed by atoms with Crippen molar-refractivity contribution in [2.24, 2.45) is 0 Å². The molecule has 0 spiro atoms. The summed E-state index contributed by atoms with van der Waals surface area (Å²) in [6.07, 6.45) is 1.70. The Morgan fingerprint density at radius 3 is 1.68 bits per heavy atom. The molecule has 0 bridgehead atoms. The Morgan fingerprint density at radius 1 is 0.441 bits per heavy atom. The number of aromatic nitrogens is 3. The maximum absolute atomic E-state index is 5.06. The Kier molecular flexibility index (Phi) is 8.12. The second-order valence-electron chi connectivity index (χ2n) is 15.9. The number of para-hydroxylation sites is 1. The molecule has 2 aromatic heterocycles. The molecule has 0 saturated heterocycles. The number of nitrogens with zero attached hydrogens (tertiary/aromatic N) is 4. The SMILES string of the molecule is CC1(C)c2ccccc2-c2cc3c4cccc(N(c5cccc(-c6ccccc6)c5)c5cccc(-c6ccccc6)c5)c4n(-c4cc(-c5ccccc5)ncn4)c3cc21. The van der Waals surface area contributed by atoms with E-state index in [4.69, 9.17) is 9.97 Å². The highest BCUT2D eigenvalue weighted by Gasteiger charge is 2.36. The van der Waals surface area contributed by atoms with E-state index in [0.717, 1.165) is 61.7 Å². The lowest BCUT2D eigenvalue weighted by molar-refractivity contribution is 0.661. The summed E-state index contributed by atoms with van der Waals surface area (Å²) >= 11 is 0. The van der Waals surface area contributed by atoms with E-state index in [1.54, 1.807) is 6.33 Å². The molecule has 0 aliphatic heterocycles. The average Bonchev–Trinajstić information content (AvgIpc) is 3.75. The first-order chi connectivity index (χ1) is 29.0. The van der Waals surface area contributed by atoms with Crippen molar-refractivity contribution in [1.29, 1.82) is 0 Å². The largest absolute Gasteiger partial charge is 0.308 e. The van der Waals surface area contributed by atoms with Crippen LogP contribution in [-0.2, 0) is 5.41 Å². The quantitative estimate of drug-likeness (QED) is 0.162. The van der Waals surface area contributed by atoms with E-state index in [1.165, 1.54) is 38.8 Å². The van der Waals surface area contributed by atoms with Crippen molar-refractivity contribution < 1.29 is 0 Å². The third kappa shape index (κ3) is 5.75. The zero-order valence-corrected chi connectivity index (χ0v) is 32.9. The zero-order chi connectivity index (χ0) is 39.5. The summed E-state index contributed by atoms with van der Waals surface area (Å²) in [6.45, 7) is 4.70. The molecule has 4 nitrogen and oxygen atoms in total. The van der Waals surface area contributed by atoms with Crippen LogP contribution in [0.5, 0.6) is 0 Å². The Morgan fingerprint density at radius 2 is 1.02 bits per heavy atom. The van der Waals surface area contributed by atoms with E-state index < -0.39 is 0 Å². The fraction of sp³-hybridized carbons (Fsp3) is 0.0545. The summed E-state index contributed by atoms with van der Waals surface area (Å²) in [7, 11) is 0. The number of hydrogen-bond acceptors (Lipinski definition) is 3. The molecule has 0 amide bonds. The first-order valence-electron chi connectivity index (χ1n) is 20.2. The standard InChI is InChI=1S/C55H40N4/c1-55(2)48-29-13-12-27-44(48)46-33-47-45-28-16-30-51(54(45)59(52(47)34-49(46)55)53-35-50(56-36-57-53)39-21-10-5-11-22-39)58(42-25-14-23-40(31-42)37-17-6-3-7-18-37)43-26-15-24-41(32-43)38-19-8-4-9-20-38/h3-36H,1-2H3. The Bertz CT molecular complexity index is 3100. The van der Waals surface area contributed by atoms with E-state index in [-0.39, 0.29) is 5.41 Å². The number of rotatable bonds is 7. The summed E-state index contributed by atoms with van der Waals surface area (Å²) in [5.41, 5.74) is 17.0. The third-order valence-electron chi connectivity index (χ3n) is 12.1. The molecule has 0 unspecified atom stereocenters. The van der Waals surface area contributed by atoms with Crippen LogP contribution in [0.25, 0.3) is 72.3 Å². The van der Waals surface area contributed by atoms with Gasteiger partial charge in [-0.2, -0.15) is 0 Å². The molecule has 11 rings (SSSR count). The summed E-state index contributed by atoms with van der Waals surface area (Å²) in [5.74, 6) is 0.815. The minimum Gasteiger partial charge on any atom is -0.308 e. The van der Waals surface area contributed by atoms with Crippen molar-refractivity contribution >= 4 is 38.9 Å². The van der Waals surface area contributed by atoms with Gasteiger partial charge in [-0.05, 0) is 87.0 Å². The van der Waals surface area contributed by atoms with Crippen LogP contribution in [0.3, 0.4) is 0 Å². The fourth-order valence-electron chi connectivity index (χ4n) is 9.23. The predicted molar refractivity (Wildman–Crippen MR) is 245 cm³/mol. The van der Waals surface area contributed by atoms with Gasteiger partial charge in [0.05, 0.1) is 22.4 Å². The molecule has 0 N–H and O–H groups in total. The second kappa shape index (κ2) is 13.8. The van der Waals surface area contributed by atoms with Crippen LogP contribution in [0, 0.1) is 0 Å². The van der Waals surface area contributed by atoms with Crippen molar-refractivity contribution in [2.45, 2.75) is 19.3 Å². The van der Waals surface area contributed by atoms with E-state index in [1.807, 2.05) is 6.07 Å². The average molecular weight is 757 g/mol. The Balaban J connectivity index is 1.23. The minimum absolute atomic E-state index is 0.174. The van der Waals surface area contributed by atoms with Crippen LogP contribution in [0.4, 0.5) is 17.1 Å². The van der Waals surface area contributed by atoms with Gasteiger partial charge in [0.2, 0.25) is 0 Å². The maximum Gasteiger partial charge on any atom is 0.141 e. The molecule has 0 atom stereocenters. The Labute approximate surface area is 344 Å². The molecule has 10 aromatic rings. The van der Waals surface area contributed by atoms with Gasteiger partial charge in [0.15, 0.2) is 0 Å². The van der Waals surface area contributed by atoms with Crippen molar-refractivity contribution in [2.75, 3.05) is 4.90 Å². The molecule has 0 radical (unpaired) electrons. The zero-order valence-electron chi connectivity index (χ0n) is 32.9. The van der Waals surface area contributed by atoms with Crippen LogP contribution in [0.15, 0.2) is 207 Å². The number of fused-ring (bicyclic) bond motifs is 6. The van der Waals surface area contributed by atoms with Gasteiger partial charge < -0.3 is 4.90 Å². The summed E-state index contributed by atoms with van der Waals surface area (Å²) in [6, 6.07) is 72.0. The summed E-state index contributed by atoms with van der Waals surface area (Å²) in [4.78, 5) is 12.3. The van der Waals surface area contributed by atoms with Crippen molar-refractivity contribution in [3.8, 4) is 50.5 Å².